The van der Waals surface area contributed by atoms with Gasteiger partial charge in [0.2, 0.25) is 11.8 Å². The topological polar surface area (TPSA) is 52.7 Å². The summed E-state index contributed by atoms with van der Waals surface area (Å²) in [6.45, 7) is 17.3. The molecule has 2 atom stereocenters. The monoisotopic (exact) mass is 635 g/mol. The van der Waals surface area contributed by atoms with E-state index in [9.17, 15) is 31.5 Å². The number of amides is 3. The van der Waals surface area contributed by atoms with Gasteiger partial charge in [-0.1, -0.05) is 63.8 Å². The molecule has 248 valence electrons. The highest BCUT2D eigenvalue weighted by Crippen LogP contribution is 2.35. The molecule has 0 bridgehead atoms. The number of rotatable bonds is 8. The molecule has 1 aliphatic carbocycles. The molecule has 2 aliphatic rings. The summed E-state index contributed by atoms with van der Waals surface area (Å²) in [7, 11) is 0. The fourth-order valence-corrected chi connectivity index (χ4v) is 5.94. The Labute approximate surface area is 263 Å². The van der Waals surface area contributed by atoms with Crippen LogP contribution < -0.4 is 10.2 Å². The number of piperidine rings is 1. The molecule has 2 unspecified atom stereocenters. The Kier molecular flexibility index (Phi) is 11.5. The second-order valence-corrected chi connectivity index (χ2v) is 13.1. The van der Waals surface area contributed by atoms with Gasteiger partial charge in [-0.05, 0) is 80.7 Å². The summed E-state index contributed by atoms with van der Waals surface area (Å²) < 4.78 is 69.8. The maximum atomic E-state index is 14.6. The maximum Gasteiger partial charge on any atom is 0.416 e. The summed E-state index contributed by atoms with van der Waals surface area (Å²) in [4.78, 5) is 31.7. The first-order valence-corrected chi connectivity index (χ1v) is 15.5. The van der Waals surface area contributed by atoms with Crippen LogP contribution in [-0.2, 0) is 10.2 Å². The minimum atomic E-state index is -4.74. The van der Waals surface area contributed by atoms with E-state index >= 15 is 0 Å². The van der Waals surface area contributed by atoms with Gasteiger partial charge in [-0.15, -0.1) is 0 Å². The molecule has 0 spiro atoms. The minimum Gasteiger partial charge on any atom is -0.351 e. The average Bonchev–Trinajstić information content (AvgIpc) is 2.96. The van der Waals surface area contributed by atoms with Crippen molar-refractivity contribution in [3.05, 3.63) is 77.9 Å². The largest absolute Gasteiger partial charge is 0.416 e. The van der Waals surface area contributed by atoms with Gasteiger partial charge in [0.25, 0.3) is 0 Å². The van der Waals surface area contributed by atoms with Crippen molar-refractivity contribution in [3.8, 4) is 0 Å². The van der Waals surface area contributed by atoms with Crippen LogP contribution in [0, 0.1) is 0 Å². The molecule has 1 aromatic carbocycles. The number of anilines is 1. The Hall–Kier alpha value is -3.43. The molecule has 3 amide bonds. The molecule has 0 aromatic heterocycles. The Balaban J connectivity index is 2.23. The molecule has 1 saturated heterocycles. The molecule has 1 N–H and O–H groups in total. The van der Waals surface area contributed by atoms with Crippen molar-refractivity contribution in [1.82, 2.24) is 10.2 Å². The zero-order valence-electron chi connectivity index (χ0n) is 26.9. The molecular formula is C35H46F5N3O2. The van der Waals surface area contributed by atoms with Crippen LogP contribution >= 0.6 is 0 Å². The lowest BCUT2D eigenvalue weighted by Gasteiger charge is -2.42. The number of allylic oxidation sites excluding steroid dienone is 3. The summed E-state index contributed by atoms with van der Waals surface area (Å²) in [6, 6.07) is 3.90. The van der Waals surface area contributed by atoms with Crippen molar-refractivity contribution in [2.24, 2.45) is 0 Å². The smallest absolute Gasteiger partial charge is 0.351 e. The van der Waals surface area contributed by atoms with Gasteiger partial charge in [0.1, 0.15) is 6.04 Å². The first-order valence-electron chi connectivity index (χ1n) is 15.5. The van der Waals surface area contributed by atoms with Gasteiger partial charge in [0, 0.05) is 31.1 Å². The first kappa shape index (κ1) is 36.0. The number of nitrogens with zero attached hydrogens (tertiary/aromatic N) is 2. The fraction of sp³-hybridized carbons (Fsp3) is 0.543. The number of carbonyl (C=O) groups is 2. The molecule has 3 rings (SSSR count). The van der Waals surface area contributed by atoms with E-state index in [1.165, 1.54) is 11.8 Å². The number of alkyl halides is 5. The van der Waals surface area contributed by atoms with Crippen LogP contribution in [0.25, 0.3) is 0 Å². The van der Waals surface area contributed by atoms with E-state index in [-0.39, 0.29) is 29.9 Å². The summed E-state index contributed by atoms with van der Waals surface area (Å²) in [5.41, 5.74) is 0.606. The molecular weight excluding hydrogens is 589 g/mol. The van der Waals surface area contributed by atoms with Crippen molar-refractivity contribution >= 4 is 17.6 Å². The molecule has 5 nitrogen and oxygen atoms in total. The third-order valence-corrected chi connectivity index (χ3v) is 8.62. The van der Waals surface area contributed by atoms with E-state index < -0.39 is 54.5 Å². The van der Waals surface area contributed by atoms with Gasteiger partial charge < -0.3 is 10.2 Å². The molecule has 45 heavy (non-hydrogen) atoms. The SMILES string of the molecule is C=C/C(=C\C(=C/C)C(F)(F)F)C(C(=O)NC1CCC(F)(F)CC1)N(C(=O)N1CCCCC1C(=C)C)c1ccc(C(C)(C)C)cc1. The zero-order valence-corrected chi connectivity index (χ0v) is 26.9. The average molecular weight is 636 g/mol. The zero-order chi connectivity index (χ0) is 33.7. The highest BCUT2D eigenvalue weighted by molar-refractivity contribution is 6.02. The van der Waals surface area contributed by atoms with Crippen LogP contribution in [0.15, 0.2) is 72.4 Å². The highest BCUT2D eigenvalue weighted by atomic mass is 19.4. The maximum absolute atomic E-state index is 14.6. The summed E-state index contributed by atoms with van der Waals surface area (Å²) in [5, 5.41) is 2.79. The molecule has 10 heteroatoms. The van der Waals surface area contributed by atoms with Crippen LogP contribution in [0.2, 0.25) is 0 Å². The van der Waals surface area contributed by atoms with Crippen molar-refractivity contribution < 1.29 is 31.5 Å². The number of urea groups is 1. The van der Waals surface area contributed by atoms with Gasteiger partial charge >= 0.3 is 12.2 Å². The van der Waals surface area contributed by atoms with Crippen molar-refractivity contribution in [1.29, 1.82) is 0 Å². The third-order valence-electron chi connectivity index (χ3n) is 8.62. The van der Waals surface area contributed by atoms with Crippen LogP contribution in [-0.4, -0.2) is 53.6 Å². The normalized spacial score (nSPS) is 20.8. The second kappa shape index (κ2) is 14.3. The van der Waals surface area contributed by atoms with Gasteiger partial charge in [0.15, 0.2) is 0 Å². The number of hydrogen-bond acceptors (Lipinski definition) is 2. The first-order chi connectivity index (χ1) is 20.9. The lowest BCUT2D eigenvalue weighted by Crippen LogP contribution is -2.59. The number of carbonyl (C=O) groups excluding carboxylic acids is 2. The van der Waals surface area contributed by atoms with E-state index in [2.05, 4.69) is 18.5 Å². The molecule has 0 radical (unpaired) electrons. The van der Waals surface area contributed by atoms with E-state index in [1.807, 2.05) is 39.8 Å². The molecule has 1 aliphatic heterocycles. The van der Waals surface area contributed by atoms with Crippen LogP contribution in [0.5, 0.6) is 0 Å². The van der Waals surface area contributed by atoms with Crippen LogP contribution in [0.4, 0.5) is 32.4 Å². The van der Waals surface area contributed by atoms with Gasteiger partial charge in [0.05, 0.1) is 11.6 Å². The van der Waals surface area contributed by atoms with Gasteiger partial charge in [-0.3, -0.25) is 9.69 Å². The molecule has 2 fully saturated rings. The van der Waals surface area contributed by atoms with Gasteiger partial charge in [-0.2, -0.15) is 13.2 Å². The predicted molar refractivity (Wildman–Crippen MR) is 169 cm³/mol. The summed E-state index contributed by atoms with van der Waals surface area (Å²) in [6.07, 6.45) is -0.499. The van der Waals surface area contributed by atoms with Crippen molar-refractivity contribution in [2.75, 3.05) is 11.4 Å². The number of likely N-dealkylation sites (tertiary alicyclic amines) is 1. The minimum absolute atomic E-state index is 0.000650. The Bertz CT molecular complexity index is 1300. The molecule has 1 saturated carbocycles. The van der Waals surface area contributed by atoms with E-state index in [4.69, 9.17) is 0 Å². The van der Waals surface area contributed by atoms with Crippen LogP contribution in [0.3, 0.4) is 0 Å². The van der Waals surface area contributed by atoms with E-state index in [1.54, 1.807) is 17.0 Å². The molecule has 1 heterocycles. The fourth-order valence-electron chi connectivity index (χ4n) is 5.94. The molecule has 1 aromatic rings. The van der Waals surface area contributed by atoms with Crippen molar-refractivity contribution in [2.45, 2.75) is 115 Å². The van der Waals surface area contributed by atoms with Crippen molar-refractivity contribution in [3.63, 3.8) is 0 Å². The van der Waals surface area contributed by atoms with Crippen LogP contribution in [0.1, 0.15) is 85.1 Å². The summed E-state index contributed by atoms with van der Waals surface area (Å²) >= 11 is 0. The summed E-state index contributed by atoms with van der Waals surface area (Å²) in [5.74, 6) is -3.62. The number of nitrogens with one attached hydrogen (secondary N) is 1. The number of halogens is 5. The predicted octanol–water partition coefficient (Wildman–Crippen LogP) is 9.02. The Morgan fingerprint density at radius 1 is 1.07 bits per heavy atom. The van der Waals surface area contributed by atoms with Gasteiger partial charge in [-0.25, -0.2) is 13.6 Å². The Morgan fingerprint density at radius 2 is 1.67 bits per heavy atom. The highest BCUT2D eigenvalue weighted by Gasteiger charge is 2.42. The lowest BCUT2D eigenvalue weighted by molar-refractivity contribution is -0.123. The lowest BCUT2D eigenvalue weighted by atomic mass is 9.87. The Morgan fingerprint density at radius 3 is 2.16 bits per heavy atom. The third kappa shape index (κ3) is 9.07. The number of benzene rings is 1. The van der Waals surface area contributed by atoms with E-state index in [0.29, 0.717) is 25.1 Å². The number of hydrogen-bond donors (Lipinski definition) is 1. The second-order valence-electron chi connectivity index (χ2n) is 13.1. The van der Waals surface area contributed by atoms with E-state index in [0.717, 1.165) is 35.8 Å². The standard InChI is InChI=1S/C35H46F5N3O2/c1-8-24(22-25(9-2)35(38,39)40)30(31(44)41-27-17-19-34(36,37)20-18-27)43(28-15-13-26(14-16-28)33(5,6)7)32(45)42-21-11-10-12-29(42)23(3)4/h8-9,13-16,22,27,29-30H,1,3,10-12,17-21H2,2,4-7H3,(H,41,44)/b24-22+,25-9+. The quantitative estimate of drug-likeness (QED) is 0.176.